The van der Waals surface area contributed by atoms with Crippen LogP contribution in [0.2, 0.25) is 0 Å². The van der Waals surface area contributed by atoms with Crippen LogP contribution < -0.4 is 14.8 Å². The van der Waals surface area contributed by atoms with Crippen molar-refractivity contribution in [1.29, 1.82) is 0 Å². The van der Waals surface area contributed by atoms with Crippen molar-refractivity contribution in [2.45, 2.75) is 50.1 Å². The lowest BCUT2D eigenvalue weighted by atomic mass is 9.97. The van der Waals surface area contributed by atoms with E-state index in [9.17, 15) is 41.4 Å². The van der Waals surface area contributed by atoms with Crippen molar-refractivity contribution >= 4 is 29.5 Å². The Labute approximate surface area is 259 Å². The number of hydrogen-bond donors (Lipinski definition) is 2. The molecule has 1 heterocycles. The molecule has 3 atom stereocenters. The number of nitrogens with zero attached hydrogens (tertiary/aromatic N) is 1. The number of rotatable bonds is 9. The molecule has 0 unspecified atom stereocenters. The Kier molecular flexibility index (Phi) is 10.1. The van der Waals surface area contributed by atoms with Crippen molar-refractivity contribution in [3.8, 4) is 11.5 Å². The maximum atomic E-state index is 14.3. The molecule has 1 saturated heterocycles. The number of carbonyl (C=O) groups is 3. The molecule has 0 saturated carbocycles. The molecule has 14 heteroatoms. The molecule has 1 fully saturated rings. The number of carbonyl (C=O) groups excluding carboxylic acids is 3. The van der Waals surface area contributed by atoms with E-state index in [0.717, 1.165) is 16.7 Å². The summed E-state index contributed by atoms with van der Waals surface area (Å²) in [6.07, 6.45) is -1.97. The first-order chi connectivity index (χ1) is 21.2. The third-order valence-corrected chi connectivity index (χ3v) is 8.80. The minimum absolute atomic E-state index is 0.0213. The van der Waals surface area contributed by atoms with E-state index in [0.29, 0.717) is 16.9 Å². The summed E-state index contributed by atoms with van der Waals surface area (Å²) in [5.74, 6) is -16.5. The molecule has 0 radical (unpaired) electrons. The van der Waals surface area contributed by atoms with Gasteiger partial charge in [0, 0.05) is 15.9 Å². The smallest absolute Gasteiger partial charge is 0.335 e. The Hall–Kier alpha value is -4.17. The van der Waals surface area contributed by atoms with E-state index >= 15 is 0 Å². The number of nitrogens with one attached hydrogen (secondary N) is 1. The number of hydrogen-bond acceptors (Lipinski definition) is 7. The van der Waals surface area contributed by atoms with Gasteiger partial charge in [-0.15, -0.1) is 11.8 Å². The van der Waals surface area contributed by atoms with E-state index in [4.69, 9.17) is 4.74 Å². The maximum absolute atomic E-state index is 14.3. The molecule has 3 aromatic rings. The van der Waals surface area contributed by atoms with E-state index in [-0.39, 0.29) is 17.9 Å². The van der Waals surface area contributed by atoms with Gasteiger partial charge < -0.3 is 24.8 Å². The second kappa shape index (κ2) is 13.4. The first kappa shape index (κ1) is 33.7. The van der Waals surface area contributed by atoms with Crippen molar-refractivity contribution in [1.82, 2.24) is 10.2 Å². The fourth-order valence-electron chi connectivity index (χ4n) is 4.98. The zero-order chi connectivity index (χ0) is 33.2. The van der Waals surface area contributed by atoms with Crippen LogP contribution in [0.3, 0.4) is 0 Å². The normalized spacial score (nSPS) is 17.0. The highest BCUT2D eigenvalue weighted by Gasteiger charge is 2.51. The van der Waals surface area contributed by atoms with E-state index in [1.54, 1.807) is 49.4 Å². The van der Waals surface area contributed by atoms with Gasteiger partial charge in [0.2, 0.25) is 34.8 Å². The SMILES string of the molecule is COc1cccc(C(=O)N[C@@H](Cc2ccccc2)[C@H](O)C(=O)N2CSC(C)(C)[C@H]2C(=O)Oc2c(F)c(F)c(F)c(F)c2F)c1C. The molecule has 4 rings (SSSR count). The predicted octanol–water partition coefficient (Wildman–Crippen LogP) is 4.69. The number of halogens is 5. The van der Waals surface area contributed by atoms with E-state index < -0.39 is 75.6 Å². The molecule has 2 amide bonds. The first-order valence-electron chi connectivity index (χ1n) is 13.5. The molecule has 0 bridgehead atoms. The Morgan fingerprint density at radius 3 is 2.18 bits per heavy atom. The molecule has 0 aromatic heterocycles. The van der Waals surface area contributed by atoms with Gasteiger partial charge in [-0.3, -0.25) is 9.59 Å². The van der Waals surface area contributed by atoms with E-state index in [1.165, 1.54) is 27.0 Å². The first-order valence-corrected chi connectivity index (χ1v) is 14.5. The number of ether oxygens (including phenoxy) is 2. The van der Waals surface area contributed by atoms with Crippen LogP contribution in [0, 0.1) is 36.0 Å². The van der Waals surface area contributed by atoms with Crippen molar-refractivity contribution in [3.63, 3.8) is 0 Å². The summed E-state index contributed by atoms with van der Waals surface area (Å²) in [6, 6.07) is 10.5. The molecule has 2 N–H and O–H groups in total. The Bertz CT molecular complexity index is 1590. The summed E-state index contributed by atoms with van der Waals surface area (Å²) in [7, 11) is 1.44. The number of aliphatic hydroxyl groups is 1. The van der Waals surface area contributed by atoms with Crippen molar-refractivity contribution < 1.29 is 50.9 Å². The van der Waals surface area contributed by atoms with Gasteiger partial charge in [-0.2, -0.15) is 8.78 Å². The topological polar surface area (TPSA) is 105 Å². The molecule has 0 spiro atoms. The fraction of sp³-hybridized carbons (Fsp3) is 0.323. The average Bonchev–Trinajstić information content (AvgIpc) is 3.35. The van der Waals surface area contributed by atoms with E-state index in [1.807, 2.05) is 0 Å². The number of esters is 1. The lowest BCUT2D eigenvalue weighted by molar-refractivity contribution is -0.152. The van der Waals surface area contributed by atoms with Gasteiger partial charge in [0.15, 0.2) is 6.10 Å². The number of methoxy groups -OCH3 is 1. The molecule has 0 aliphatic carbocycles. The number of benzene rings is 3. The summed E-state index contributed by atoms with van der Waals surface area (Å²) in [5.41, 5.74) is 1.37. The van der Waals surface area contributed by atoms with Crippen LogP contribution in [0.1, 0.15) is 35.3 Å². The summed E-state index contributed by atoms with van der Waals surface area (Å²) in [5, 5.41) is 14.0. The number of amides is 2. The highest BCUT2D eigenvalue weighted by atomic mass is 32.2. The standard InChI is InChI=1S/C31H29F5N2O6S/c1-15-17(11-8-12-19(15)43-4)28(40)37-18(13-16-9-6-5-7-10-16)25(39)29(41)38-14-45-31(2,3)27(38)30(42)44-26-23(35)21(33)20(32)22(34)24(26)36/h5-12,18,25,27,39H,13-14H2,1-4H3,(H,37,40)/t18-,25-,27+/m0/s1. The second-order valence-electron chi connectivity index (χ2n) is 10.8. The molecule has 45 heavy (non-hydrogen) atoms. The fourth-order valence-corrected chi connectivity index (χ4v) is 6.11. The second-order valence-corrected chi connectivity index (χ2v) is 12.4. The van der Waals surface area contributed by atoms with Crippen LogP contribution in [-0.2, 0) is 16.0 Å². The molecular weight excluding hydrogens is 623 g/mol. The zero-order valence-corrected chi connectivity index (χ0v) is 25.3. The molecule has 240 valence electrons. The van der Waals surface area contributed by atoms with Gasteiger partial charge in [-0.1, -0.05) is 36.4 Å². The maximum Gasteiger partial charge on any atom is 0.335 e. The van der Waals surface area contributed by atoms with Crippen LogP contribution in [0.15, 0.2) is 48.5 Å². The molecule has 3 aromatic carbocycles. The van der Waals surface area contributed by atoms with E-state index in [2.05, 4.69) is 10.1 Å². The van der Waals surface area contributed by atoms with Gasteiger partial charge in [0.1, 0.15) is 11.8 Å². The quantitative estimate of drug-likeness (QED) is 0.114. The van der Waals surface area contributed by atoms with Crippen LogP contribution in [0.25, 0.3) is 0 Å². The minimum atomic E-state index is -2.43. The molecule has 8 nitrogen and oxygen atoms in total. The third kappa shape index (κ3) is 6.76. The highest BCUT2D eigenvalue weighted by Crippen LogP contribution is 2.41. The largest absolute Gasteiger partial charge is 0.496 e. The van der Waals surface area contributed by atoms with Gasteiger partial charge in [-0.25, -0.2) is 18.0 Å². The minimum Gasteiger partial charge on any atom is -0.496 e. The van der Waals surface area contributed by atoms with Crippen LogP contribution in [0.4, 0.5) is 22.0 Å². The van der Waals surface area contributed by atoms with Crippen molar-refractivity contribution in [2.24, 2.45) is 0 Å². The van der Waals surface area contributed by atoms with Gasteiger partial charge in [0.05, 0.1) is 19.0 Å². The molecular formula is C31H29F5N2O6S. The van der Waals surface area contributed by atoms with Crippen LogP contribution in [-0.4, -0.2) is 63.7 Å². The summed E-state index contributed by atoms with van der Waals surface area (Å²) in [4.78, 5) is 41.3. The zero-order valence-electron chi connectivity index (χ0n) is 24.5. The Balaban J connectivity index is 1.64. The molecule has 1 aliphatic rings. The highest BCUT2D eigenvalue weighted by molar-refractivity contribution is 8.00. The molecule has 1 aliphatic heterocycles. The van der Waals surface area contributed by atoms with Crippen LogP contribution >= 0.6 is 11.8 Å². The van der Waals surface area contributed by atoms with Crippen LogP contribution in [0.5, 0.6) is 11.5 Å². The monoisotopic (exact) mass is 652 g/mol. The Morgan fingerprint density at radius 1 is 0.978 bits per heavy atom. The Morgan fingerprint density at radius 2 is 1.58 bits per heavy atom. The van der Waals surface area contributed by atoms with Gasteiger partial charge >= 0.3 is 5.97 Å². The summed E-state index contributed by atoms with van der Waals surface area (Å²) in [6.45, 7) is 4.65. The number of aliphatic hydroxyl groups excluding tert-OH is 1. The van der Waals surface area contributed by atoms with Crippen molar-refractivity contribution in [3.05, 3.63) is 94.3 Å². The number of thioether (sulfide) groups is 1. The van der Waals surface area contributed by atoms with Gasteiger partial charge in [0.25, 0.3) is 11.8 Å². The summed E-state index contributed by atoms with van der Waals surface area (Å²) >= 11 is 1.05. The third-order valence-electron chi connectivity index (χ3n) is 7.42. The summed E-state index contributed by atoms with van der Waals surface area (Å²) < 4.78 is 78.4. The van der Waals surface area contributed by atoms with Gasteiger partial charge in [-0.05, 0) is 44.9 Å². The predicted molar refractivity (Wildman–Crippen MR) is 154 cm³/mol. The average molecular weight is 653 g/mol. The lowest BCUT2D eigenvalue weighted by Gasteiger charge is -2.32. The lowest BCUT2D eigenvalue weighted by Crippen LogP contribution is -2.57. The van der Waals surface area contributed by atoms with Crippen molar-refractivity contribution in [2.75, 3.05) is 13.0 Å².